The van der Waals surface area contributed by atoms with E-state index >= 15 is 0 Å². The third-order valence-electron chi connectivity index (χ3n) is 3.71. The molecule has 1 aromatic carbocycles. The molecule has 1 aliphatic carbocycles. The topological polar surface area (TPSA) is 57.0 Å². The van der Waals surface area contributed by atoms with E-state index in [2.05, 4.69) is 46.0 Å². The maximum absolute atomic E-state index is 11.7. The number of hydrogen-bond donors (Lipinski definition) is 0. The van der Waals surface area contributed by atoms with Gasteiger partial charge in [0.25, 0.3) is 0 Å². The van der Waals surface area contributed by atoms with Crippen LogP contribution in [0.2, 0.25) is 0 Å². The van der Waals surface area contributed by atoms with Gasteiger partial charge in [-0.2, -0.15) is 0 Å². The highest BCUT2D eigenvalue weighted by Gasteiger charge is 2.31. The molecular formula is C16H19N3O2S. The lowest BCUT2D eigenvalue weighted by Gasteiger charge is -2.12. The number of thioether (sulfide) groups is 1. The third-order valence-corrected chi connectivity index (χ3v) is 4.73. The second-order valence-corrected chi connectivity index (χ2v) is 6.88. The van der Waals surface area contributed by atoms with Crippen molar-refractivity contribution in [2.45, 2.75) is 43.0 Å². The van der Waals surface area contributed by atoms with Crippen molar-refractivity contribution in [3.8, 4) is 5.69 Å². The molecule has 0 spiro atoms. The number of hydrogen-bond acceptors (Lipinski definition) is 5. The highest BCUT2D eigenvalue weighted by Crippen LogP contribution is 2.41. The predicted molar refractivity (Wildman–Crippen MR) is 85.4 cm³/mol. The molecule has 116 valence electrons. The molecule has 0 N–H and O–H groups in total. The Bertz CT molecular complexity index is 677. The zero-order valence-electron chi connectivity index (χ0n) is 12.9. The summed E-state index contributed by atoms with van der Waals surface area (Å²) in [5.74, 6) is 1.22. The van der Waals surface area contributed by atoms with Crippen molar-refractivity contribution < 1.29 is 9.53 Å². The normalized spacial score (nSPS) is 15.6. The molecule has 0 aliphatic heterocycles. The summed E-state index contributed by atoms with van der Waals surface area (Å²) in [6.07, 6.45) is 2.31. The zero-order chi connectivity index (χ0) is 15.7. The van der Waals surface area contributed by atoms with Crippen LogP contribution in [0.1, 0.15) is 37.1 Å². The first kappa shape index (κ1) is 15.1. The van der Waals surface area contributed by atoms with Gasteiger partial charge >= 0.3 is 5.97 Å². The number of methoxy groups -OCH3 is 1. The summed E-state index contributed by atoms with van der Waals surface area (Å²) in [5, 5.41) is 9.08. The first-order valence-corrected chi connectivity index (χ1v) is 8.25. The molecule has 5 nitrogen and oxygen atoms in total. The van der Waals surface area contributed by atoms with E-state index in [9.17, 15) is 4.79 Å². The molecule has 1 atom stereocenters. The summed E-state index contributed by atoms with van der Waals surface area (Å²) in [6, 6.07) is 8.28. The molecule has 6 heteroatoms. The molecule has 1 aliphatic rings. The van der Waals surface area contributed by atoms with Crippen molar-refractivity contribution in [2.24, 2.45) is 0 Å². The molecule has 3 rings (SSSR count). The van der Waals surface area contributed by atoms with Crippen LogP contribution in [-0.4, -0.2) is 33.1 Å². The average molecular weight is 317 g/mol. The summed E-state index contributed by atoms with van der Waals surface area (Å²) in [5.41, 5.74) is 2.25. The van der Waals surface area contributed by atoms with Gasteiger partial charge in [-0.1, -0.05) is 29.5 Å². The first-order valence-electron chi connectivity index (χ1n) is 7.37. The highest BCUT2D eigenvalue weighted by atomic mass is 32.2. The number of aryl methyl sites for hydroxylation is 1. The Morgan fingerprint density at radius 1 is 1.32 bits per heavy atom. The van der Waals surface area contributed by atoms with Gasteiger partial charge in [0.1, 0.15) is 11.1 Å². The van der Waals surface area contributed by atoms with E-state index in [4.69, 9.17) is 4.74 Å². The van der Waals surface area contributed by atoms with Crippen LogP contribution in [0.4, 0.5) is 0 Å². The molecule has 0 amide bonds. The molecule has 1 heterocycles. The minimum atomic E-state index is -0.314. The molecule has 1 unspecified atom stereocenters. The van der Waals surface area contributed by atoms with Crippen LogP contribution in [0.25, 0.3) is 5.69 Å². The second-order valence-electron chi connectivity index (χ2n) is 5.57. The van der Waals surface area contributed by atoms with Gasteiger partial charge in [0.2, 0.25) is 0 Å². The fourth-order valence-corrected chi connectivity index (χ4v) is 3.17. The Labute approximate surface area is 134 Å². The van der Waals surface area contributed by atoms with E-state index in [0.717, 1.165) is 29.5 Å². The Kier molecular flexibility index (Phi) is 4.20. The Morgan fingerprint density at radius 2 is 2.00 bits per heavy atom. The lowest BCUT2D eigenvalue weighted by atomic mass is 10.2. The van der Waals surface area contributed by atoms with Gasteiger partial charge in [0.05, 0.1) is 7.11 Å². The predicted octanol–water partition coefficient (Wildman–Crippen LogP) is 3.11. The standard InChI is InChI=1S/C16H19N3O2S/c1-10-4-8-13(9-5-10)19-14(12-6-7-12)17-18-16(19)22-11(2)15(20)21-3/h4-5,8-9,11-12H,6-7H2,1-3H3. The SMILES string of the molecule is COC(=O)C(C)Sc1nnc(C2CC2)n1-c1ccc(C)cc1. The van der Waals surface area contributed by atoms with Crippen molar-refractivity contribution in [3.63, 3.8) is 0 Å². The van der Waals surface area contributed by atoms with Crippen LogP contribution in [0.15, 0.2) is 29.4 Å². The lowest BCUT2D eigenvalue weighted by Crippen LogP contribution is -2.15. The number of carbonyl (C=O) groups excluding carboxylic acids is 1. The van der Waals surface area contributed by atoms with E-state index in [1.165, 1.54) is 24.4 Å². The van der Waals surface area contributed by atoms with E-state index in [-0.39, 0.29) is 11.2 Å². The molecule has 1 aromatic heterocycles. The molecule has 0 saturated heterocycles. The monoisotopic (exact) mass is 317 g/mol. The zero-order valence-corrected chi connectivity index (χ0v) is 13.8. The molecule has 0 radical (unpaired) electrons. The fourth-order valence-electron chi connectivity index (χ4n) is 2.27. The first-order chi connectivity index (χ1) is 10.6. The number of carbonyl (C=O) groups is 1. The van der Waals surface area contributed by atoms with Crippen LogP contribution >= 0.6 is 11.8 Å². The summed E-state index contributed by atoms with van der Waals surface area (Å²) in [7, 11) is 1.40. The molecule has 1 fully saturated rings. The molecule has 22 heavy (non-hydrogen) atoms. The average Bonchev–Trinajstić information content (AvgIpc) is 3.29. The van der Waals surface area contributed by atoms with Crippen molar-refractivity contribution in [1.82, 2.24) is 14.8 Å². The second kappa shape index (κ2) is 6.12. The molecule has 0 bridgehead atoms. The lowest BCUT2D eigenvalue weighted by molar-refractivity contribution is -0.139. The van der Waals surface area contributed by atoms with Crippen LogP contribution in [-0.2, 0) is 9.53 Å². The summed E-state index contributed by atoms with van der Waals surface area (Å²) >= 11 is 1.38. The molecule has 2 aromatic rings. The third kappa shape index (κ3) is 3.02. The summed E-state index contributed by atoms with van der Waals surface area (Å²) in [6.45, 7) is 3.88. The summed E-state index contributed by atoms with van der Waals surface area (Å²) < 4.78 is 6.87. The Morgan fingerprint density at radius 3 is 2.59 bits per heavy atom. The van der Waals surface area contributed by atoms with Crippen LogP contribution in [0.3, 0.4) is 0 Å². The number of rotatable bonds is 5. The Hall–Kier alpha value is -1.82. The van der Waals surface area contributed by atoms with Gasteiger partial charge in [-0.25, -0.2) is 0 Å². The van der Waals surface area contributed by atoms with Gasteiger partial charge in [-0.3, -0.25) is 9.36 Å². The number of esters is 1. The van der Waals surface area contributed by atoms with Gasteiger partial charge in [0.15, 0.2) is 5.16 Å². The van der Waals surface area contributed by atoms with E-state index in [1.54, 1.807) is 0 Å². The molecular weight excluding hydrogens is 298 g/mol. The van der Waals surface area contributed by atoms with E-state index in [1.807, 2.05) is 6.92 Å². The van der Waals surface area contributed by atoms with Gasteiger partial charge in [-0.15, -0.1) is 10.2 Å². The molecule has 1 saturated carbocycles. The van der Waals surface area contributed by atoms with E-state index in [0.29, 0.717) is 5.92 Å². The number of aromatic nitrogens is 3. The van der Waals surface area contributed by atoms with Crippen molar-refractivity contribution >= 4 is 17.7 Å². The van der Waals surface area contributed by atoms with Crippen molar-refractivity contribution in [3.05, 3.63) is 35.7 Å². The van der Waals surface area contributed by atoms with Crippen LogP contribution in [0, 0.1) is 6.92 Å². The number of benzene rings is 1. The van der Waals surface area contributed by atoms with Gasteiger partial charge in [-0.05, 0) is 38.8 Å². The van der Waals surface area contributed by atoms with Gasteiger partial charge in [0, 0.05) is 11.6 Å². The maximum Gasteiger partial charge on any atom is 0.318 e. The quantitative estimate of drug-likeness (QED) is 0.626. The largest absolute Gasteiger partial charge is 0.468 e. The van der Waals surface area contributed by atoms with Crippen molar-refractivity contribution in [2.75, 3.05) is 7.11 Å². The smallest absolute Gasteiger partial charge is 0.318 e. The number of ether oxygens (including phenoxy) is 1. The Balaban J connectivity index is 1.96. The summed E-state index contributed by atoms with van der Waals surface area (Å²) in [4.78, 5) is 11.7. The minimum absolute atomic E-state index is 0.253. The van der Waals surface area contributed by atoms with Crippen molar-refractivity contribution in [1.29, 1.82) is 0 Å². The van der Waals surface area contributed by atoms with E-state index < -0.39 is 0 Å². The van der Waals surface area contributed by atoms with Gasteiger partial charge < -0.3 is 4.74 Å². The maximum atomic E-state index is 11.7. The highest BCUT2D eigenvalue weighted by molar-refractivity contribution is 8.00. The van der Waals surface area contributed by atoms with Crippen LogP contribution < -0.4 is 0 Å². The number of nitrogens with zero attached hydrogens (tertiary/aromatic N) is 3. The fraction of sp³-hybridized carbons (Fsp3) is 0.438. The van der Waals surface area contributed by atoms with Crippen LogP contribution in [0.5, 0.6) is 0 Å². The minimum Gasteiger partial charge on any atom is -0.468 e.